The van der Waals surface area contributed by atoms with Gasteiger partial charge in [-0.1, -0.05) is 42.6 Å². The number of nitrogens with zero attached hydrogens (tertiary/aromatic N) is 2. The Morgan fingerprint density at radius 1 is 1.11 bits per heavy atom. The van der Waals surface area contributed by atoms with Crippen molar-refractivity contribution < 1.29 is 13.7 Å². The highest BCUT2D eigenvalue weighted by atomic mass is 16.5. The number of rotatable bonds is 5. The molecule has 0 spiro atoms. The predicted octanol–water partition coefficient (Wildman–Crippen LogP) is 4.37. The van der Waals surface area contributed by atoms with Crippen molar-refractivity contribution in [3.8, 4) is 11.6 Å². The molecule has 2 aromatic heterocycles. The van der Waals surface area contributed by atoms with E-state index in [1.165, 1.54) is 19.3 Å². The first-order chi connectivity index (χ1) is 13.3. The quantitative estimate of drug-likeness (QED) is 0.699. The van der Waals surface area contributed by atoms with Gasteiger partial charge in [-0.05, 0) is 36.6 Å². The van der Waals surface area contributed by atoms with Crippen LogP contribution in [0.15, 0.2) is 51.6 Å². The molecule has 3 aromatic rings. The largest absolute Gasteiger partial charge is 0.461 e. The molecular formula is C20H22N4O3. The van der Waals surface area contributed by atoms with E-state index in [-0.39, 0.29) is 12.1 Å². The molecule has 4 rings (SSSR count). The standard InChI is InChI=1S/C20H22N4O3/c25-20(21-15-8-2-1-3-9-15)22-16-10-5-4-7-14(16)13-18-23-19(24-27-18)17-11-6-12-26-17/h4-7,10-12,15H,1-3,8-9,13H2,(H2,21,22,25). The Hall–Kier alpha value is -3.09. The van der Waals surface area contributed by atoms with Gasteiger partial charge in [0.1, 0.15) is 0 Å². The summed E-state index contributed by atoms with van der Waals surface area (Å²) >= 11 is 0. The van der Waals surface area contributed by atoms with Crippen molar-refractivity contribution in [2.75, 3.05) is 5.32 Å². The first-order valence-electron chi connectivity index (χ1n) is 9.30. The molecule has 2 N–H and O–H groups in total. The van der Waals surface area contributed by atoms with Gasteiger partial charge in [0, 0.05) is 11.7 Å². The Balaban J connectivity index is 1.42. The van der Waals surface area contributed by atoms with Gasteiger partial charge in [0.25, 0.3) is 0 Å². The molecule has 2 heterocycles. The number of amides is 2. The maximum absolute atomic E-state index is 12.4. The fourth-order valence-electron chi connectivity index (χ4n) is 3.38. The molecular weight excluding hydrogens is 344 g/mol. The van der Waals surface area contributed by atoms with Crippen LogP contribution in [0, 0.1) is 0 Å². The number of para-hydroxylation sites is 1. The molecule has 27 heavy (non-hydrogen) atoms. The Kier molecular flexibility index (Phi) is 5.18. The molecule has 1 saturated carbocycles. The lowest BCUT2D eigenvalue weighted by molar-refractivity contribution is 0.244. The van der Waals surface area contributed by atoms with Gasteiger partial charge in [0.2, 0.25) is 11.7 Å². The fourth-order valence-corrected chi connectivity index (χ4v) is 3.38. The number of hydrogen-bond acceptors (Lipinski definition) is 5. The number of aromatic nitrogens is 2. The topological polar surface area (TPSA) is 93.2 Å². The average Bonchev–Trinajstić information content (AvgIpc) is 3.36. The van der Waals surface area contributed by atoms with Gasteiger partial charge in [-0.2, -0.15) is 4.98 Å². The van der Waals surface area contributed by atoms with Crippen LogP contribution >= 0.6 is 0 Å². The van der Waals surface area contributed by atoms with E-state index in [1.54, 1.807) is 18.4 Å². The van der Waals surface area contributed by atoms with Crippen LogP contribution in [0.2, 0.25) is 0 Å². The maximum atomic E-state index is 12.4. The third-order valence-corrected chi connectivity index (χ3v) is 4.76. The van der Waals surface area contributed by atoms with E-state index in [1.807, 2.05) is 24.3 Å². The summed E-state index contributed by atoms with van der Waals surface area (Å²) in [4.78, 5) is 16.7. The molecule has 1 aliphatic carbocycles. The summed E-state index contributed by atoms with van der Waals surface area (Å²) in [7, 11) is 0. The Morgan fingerprint density at radius 2 is 1.96 bits per heavy atom. The molecule has 0 radical (unpaired) electrons. The number of carbonyl (C=O) groups excluding carboxylic acids is 1. The highest BCUT2D eigenvalue weighted by Crippen LogP contribution is 2.22. The summed E-state index contributed by atoms with van der Waals surface area (Å²) in [5.41, 5.74) is 1.65. The minimum Gasteiger partial charge on any atom is -0.461 e. The van der Waals surface area contributed by atoms with Crippen molar-refractivity contribution in [2.24, 2.45) is 0 Å². The summed E-state index contributed by atoms with van der Waals surface area (Å²) in [6.07, 6.45) is 7.70. The average molecular weight is 366 g/mol. The smallest absolute Gasteiger partial charge is 0.319 e. The lowest BCUT2D eigenvalue weighted by Crippen LogP contribution is -2.39. The van der Waals surface area contributed by atoms with Crippen molar-refractivity contribution >= 4 is 11.7 Å². The van der Waals surface area contributed by atoms with Crippen LogP contribution in [-0.4, -0.2) is 22.2 Å². The first-order valence-corrected chi connectivity index (χ1v) is 9.30. The lowest BCUT2D eigenvalue weighted by atomic mass is 9.96. The van der Waals surface area contributed by atoms with Gasteiger partial charge in [-0.3, -0.25) is 0 Å². The van der Waals surface area contributed by atoms with Crippen LogP contribution < -0.4 is 10.6 Å². The Morgan fingerprint density at radius 3 is 2.78 bits per heavy atom. The Labute approximate surface area is 157 Å². The van der Waals surface area contributed by atoms with Gasteiger partial charge >= 0.3 is 6.03 Å². The molecule has 2 amide bonds. The first kappa shape index (κ1) is 17.3. The van der Waals surface area contributed by atoms with Gasteiger partial charge in [-0.25, -0.2) is 4.79 Å². The highest BCUT2D eigenvalue weighted by Gasteiger charge is 2.17. The van der Waals surface area contributed by atoms with Crippen LogP contribution in [0.1, 0.15) is 43.6 Å². The normalized spacial score (nSPS) is 14.8. The molecule has 7 nitrogen and oxygen atoms in total. The summed E-state index contributed by atoms with van der Waals surface area (Å²) < 4.78 is 10.6. The zero-order chi connectivity index (χ0) is 18.5. The van der Waals surface area contributed by atoms with Gasteiger partial charge < -0.3 is 19.6 Å². The number of anilines is 1. The molecule has 0 bridgehead atoms. The number of hydrogen-bond donors (Lipinski definition) is 2. The maximum Gasteiger partial charge on any atom is 0.319 e. The number of urea groups is 1. The molecule has 7 heteroatoms. The molecule has 1 fully saturated rings. The summed E-state index contributed by atoms with van der Waals surface area (Å²) in [5, 5.41) is 9.96. The second-order valence-corrected chi connectivity index (χ2v) is 6.76. The zero-order valence-electron chi connectivity index (χ0n) is 15.0. The molecule has 0 unspecified atom stereocenters. The van der Waals surface area contributed by atoms with Crippen molar-refractivity contribution in [3.63, 3.8) is 0 Å². The van der Waals surface area contributed by atoms with Crippen LogP contribution in [0.3, 0.4) is 0 Å². The second-order valence-electron chi connectivity index (χ2n) is 6.76. The van der Waals surface area contributed by atoms with Crippen LogP contribution in [0.4, 0.5) is 10.5 Å². The lowest BCUT2D eigenvalue weighted by Gasteiger charge is -2.23. The minimum atomic E-state index is -0.170. The van der Waals surface area contributed by atoms with Crippen LogP contribution in [0.5, 0.6) is 0 Å². The van der Waals surface area contributed by atoms with Crippen molar-refractivity contribution in [1.29, 1.82) is 0 Å². The van der Waals surface area contributed by atoms with E-state index in [0.717, 1.165) is 24.1 Å². The monoisotopic (exact) mass is 366 g/mol. The SMILES string of the molecule is O=C(Nc1ccccc1Cc1nc(-c2ccco2)no1)NC1CCCCC1. The number of carbonyl (C=O) groups is 1. The van der Waals surface area contributed by atoms with Crippen LogP contribution in [0.25, 0.3) is 11.6 Å². The van der Waals surface area contributed by atoms with E-state index >= 15 is 0 Å². The molecule has 1 aromatic carbocycles. The number of benzene rings is 1. The van der Waals surface area contributed by atoms with E-state index in [4.69, 9.17) is 8.94 Å². The molecule has 0 aliphatic heterocycles. The van der Waals surface area contributed by atoms with Crippen molar-refractivity contribution in [3.05, 3.63) is 54.1 Å². The van der Waals surface area contributed by atoms with E-state index < -0.39 is 0 Å². The molecule has 1 aliphatic rings. The molecule has 0 atom stereocenters. The fraction of sp³-hybridized carbons (Fsp3) is 0.350. The van der Waals surface area contributed by atoms with Crippen LogP contribution in [-0.2, 0) is 6.42 Å². The minimum absolute atomic E-state index is 0.170. The van der Waals surface area contributed by atoms with Crippen molar-refractivity contribution in [2.45, 2.75) is 44.6 Å². The van der Waals surface area contributed by atoms with E-state index in [9.17, 15) is 4.79 Å². The van der Waals surface area contributed by atoms with Crippen molar-refractivity contribution in [1.82, 2.24) is 15.5 Å². The second kappa shape index (κ2) is 8.07. The van der Waals surface area contributed by atoms with E-state index in [0.29, 0.717) is 23.9 Å². The zero-order valence-corrected chi connectivity index (χ0v) is 15.0. The third-order valence-electron chi connectivity index (χ3n) is 4.76. The summed E-state index contributed by atoms with van der Waals surface area (Å²) in [6, 6.07) is 11.3. The van der Waals surface area contributed by atoms with Gasteiger partial charge in [0.15, 0.2) is 5.76 Å². The van der Waals surface area contributed by atoms with Gasteiger partial charge in [0.05, 0.1) is 12.7 Å². The predicted molar refractivity (Wildman–Crippen MR) is 100 cm³/mol. The number of nitrogens with one attached hydrogen (secondary N) is 2. The molecule has 0 saturated heterocycles. The molecule has 140 valence electrons. The van der Waals surface area contributed by atoms with Gasteiger partial charge in [-0.15, -0.1) is 0 Å². The summed E-state index contributed by atoms with van der Waals surface area (Å²) in [6.45, 7) is 0. The third kappa shape index (κ3) is 4.36. The number of furan rings is 1. The highest BCUT2D eigenvalue weighted by molar-refractivity contribution is 5.90. The Bertz CT molecular complexity index is 882. The van der Waals surface area contributed by atoms with E-state index in [2.05, 4.69) is 20.8 Å². The summed E-state index contributed by atoms with van der Waals surface area (Å²) in [5.74, 6) is 1.43.